The van der Waals surface area contributed by atoms with Crippen LogP contribution in [0.4, 0.5) is 0 Å². The molecule has 2 aliphatic rings. The van der Waals surface area contributed by atoms with Crippen LogP contribution < -0.4 is 10.6 Å². The van der Waals surface area contributed by atoms with Gasteiger partial charge in [-0.25, -0.2) is 0 Å². The van der Waals surface area contributed by atoms with E-state index in [-0.39, 0.29) is 29.4 Å². The van der Waals surface area contributed by atoms with Crippen LogP contribution in [0.2, 0.25) is 0 Å². The second-order valence-electron chi connectivity index (χ2n) is 8.23. The topological polar surface area (TPSA) is 39.7 Å². The van der Waals surface area contributed by atoms with Crippen LogP contribution in [0.1, 0.15) is 42.4 Å². The Labute approximate surface area is 192 Å². The Kier molecular flexibility index (Phi) is 7.95. The standard InChI is InChI=1S/C24H32N4.HI/c1-25-23(27-19-24(13-14-24)22-7-3-2-4-8-22)26-17-20-9-11-21(12-10-20)18-28-15-5-6-16-28;/h2-4,7-12H,5-6,13-19H2,1H3,(H2,25,26,27);1H. The first-order valence-electron chi connectivity index (χ1n) is 10.6. The lowest BCUT2D eigenvalue weighted by Crippen LogP contribution is -2.40. The fraction of sp³-hybridized carbons (Fsp3) is 0.458. The molecule has 0 unspecified atom stereocenters. The van der Waals surface area contributed by atoms with Crippen LogP contribution in [0.25, 0.3) is 0 Å². The molecule has 1 heterocycles. The highest BCUT2D eigenvalue weighted by atomic mass is 127. The highest BCUT2D eigenvalue weighted by molar-refractivity contribution is 14.0. The second kappa shape index (κ2) is 10.4. The van der Waals surface area contributed by atoms with Crippen molar-refractivity contribution in [2.75, 3.05) is 26.7 Å². The third-order valence-corrected chi connectivity index (χ3v) is 6.15. The number of halogens is 1. The van der Waals surface area contributed by atoms with Gasteiger partial charge in [-0.15, -0.1) is 24.0 Å². The van der Waals surface area contributed by atoms with Crippen molar-refractivity contribution in [3.05, 3.63) is 71.3 Å². The zero-order valence-corrected chi connectivity index (χ0v) is 19.7. The van der Waals surface area contributed by atoms with Crippen LogP contribution in [-0.2, 0) is 18.5 Å². The SMILES string of the molecule is CN=C(NCc1ccc(CN2CCCC2)cc1)NCC1(c2ccccc2)CC1.I. The molecule has 1 aliphatic heterocycles. The van der Waals surface area contributed by atoms with Crippen molar-refractivity contribution < 1.29 is 0 Å². The maximum absolute atomic E-state index is 4.40. The van der Waals surface area contributed by atoms with Crippen molar-refractivity contribution in [1.82, 2.24) is 15.5 Å². The molecule has 2 fully saturated rings. The van der Waals surface area contributed by atoms with Gasteiger partial charge in [-0.3, -0.25) is 9.89 Å². The van der Waals surface area contributed by atoms with Crippen molar-refractivity contribution in [3.8, 4) is 0 Å². The first kappa shape index (κ1) is 22.1. The van der Waals surface area contributed by atoms with Crippen molar-refractivity contribution in [2.45, 2.75) is 44.2 Å². The van der Waals surface area contributed by atoms with Crippen molar-refractivity contribution in [3.63, 3.8) is 0 Å². The predicted molar refractivity (Wildman–Crippen MR) is 132 cm³/mol. The van der Waals surface area contributed by atoms with Crippen LogP contribution in [-0.4, -0.2) is 37.5 Å². The van der Waals surface area contributed by atoms with E-state index < -0.39 is 0 Å². The summed E-state index contributed by atoms with van der Waals surface area (Å²) in [5, 5.41) is 6.99. The molecule has 1 aliphatic carbocycles. The van der Waals surface area contributed by atoms with Gasteiger partial charge in [0.15, 0.2) is 5.96 Å². The van der Waals surface area contributed by atoms with E-state index in [1.54, 1.807) is 0 Å². The first-order valence-corrected chi connectivity index (χ1v) is 10.6. The number of hydrogen-bond acceptors (Lipinski definition) is 2. The van der Waals surface area contributed by atoms with Gasteiger partial charge in [-0.1, -0.05) is 54.6 Å². The Hall–Kier alpha value is -1.60. The summed E-state index contributed by atoms with van der Waals surface area (Å²) in [4.78, 5) is 6.94. The zero-order valence-electron chi connectivity index (χ0n) is 17.4. The Morgan fingerprint density at radius 1 is 0.931 bits per heavy atom. The van der Waals surface area contributed by atoms with E-state index in [0.29, 0.717) is 0 Å². The molecule has 0 spiro atoms. The Balaban J connectivity index is 0.00000240. The fourth-order valence-corrected chi connectivity index (χ4v) is 4.13. The summed E-state index contributed by atoms with van der Waals surface area (Å²) in [6.07, 6.45) is 5.19. The number of nitrogens with zero attached hydrogens (tertiary/aromatic N) is 2. The fourth-order valence-electron chi connectivity index (χ4n) is 4.13. The Bertz CT molecular complexity index is 778. The molecule has 4 nitrogen and oxygen atoms in total. The van der Waals surface area contributed by atoms with Gasteiger partial charge in [0.05, 0.1) is 0 Å². The summed E-state index contributed by atoms with van der Waals surface area (Å²) >= 11 is 0. The Morgan fingerprint density at radius 2 is 1.59 bits per heavy atom. The van der Waals surface area contributed by atoms with Crippen LogP contribution in [0.5, 0.6) is 0 Å². The molecule has 2 aromatic rings. The highest BCUT2D eigenvalue weighted by Crippen LogP contribution is 2.47. The summed E-state index contributed by atoms with van der Waals surface area (Å²) in [6, 6.07) is 19.8. The maximum atomic E-state index is 4.40. The number of likely N-dealkylation sites (tertiary alicyclic amines) is 1. The summed E-state index contributed by atoms with van der Waals surface area (Å²) in [7, 11) is 1.84. The van der Waals surface area contributed by atoms with Crippen LogP contribution in [0.3, 0.4) is 0 Å². The molecule has 1 saturated carbocycles. The van der Waals surface area contributed by atoms with Gasteiger partial charge < -0.3 is 10.6 Å². The molecule has 1 saturated heterocycles. The minimum absolute atomic E-state index is 0. The minimum Gasteiger partial charge on any atom is -0.356 e. The van der Waals surface area contributed by atoms with Crippen molar-refractivity contribution in [1.29, 1.82) is 0 Å². The molecule has 0 bridgehead atoms. The second-order valence-corrected chi connectivity index (χ2v) is 8.23. The number of hydrogen-bond donors (Lipinski definition) is 2. The van der Waals surface area contributed by atoms with E-state index in [1.807, 2.05) is 7.05 Å². The van der Waals surface area contributed by atoms with Gasteiger partial charge in [-0.05, 0) is 55.5 Å². The average molecular weight is 504 g/mol. The van der Waals surface area contributed by atoms with E-state index in [1.165, 1.54) is 55.5 Å². The van der Waals surface area contributed by atoms with Gasteiger partial charge in [-0.2, -0.15) is 0 Å². The van der Waals surface area contributed by atoms with E-state index in [9.17, 15) is 0 Å². The molecule has 0 radical (unpaired) electrons. The van der Waals surface area contributed by atoms with E-state index in [0.717, 1.165) is 25.6 Å². The van der Waals surface area contributed by atoms with Crippen LogP contribution >= 0.6 is 24.0 Å². The summed E-state index contributed by atoms with van der Waals surface area (Å²) in [5.74, 6) is 0.878. The summed E-state index contributed by atoms with van der Waals surface area (Å²) in [6.45, 7) is 5.30. The van der Waals surface area contributed by atoms with Gasteiger partial charge in [0, 0.05) is 32.1 Å². The van der Waals surface area contributed by atoms with E-state index >= 15 is 0 Å². The third kappa shape index (κ3) is 5.95. The normalized spacial score (nSPS) is 18.2. The highest BCUT2D eigenvalue weighted by Gasteiger charge is 2.43. The number of benzene rings is 2. The number of rotatable bonds is 7. The summed E-state index contributed by atoms with van der Waals surface area (Å²) in [5.41, 5.74) is 4.42. The van der Waals surface area contributed by atoms with Gasteiger partial charge in [0.25, 0.3) is 0 Å². The van der Waals surface area contributed by atoms with Crippen molar-refractivity contribution >= 4 is 29.9 Å². The van der Waals surface area contributed by atoms with Crippen molar-refractivity contribution in [2.24, 2.45) is 4.99 Å². The molecule has 0 aromatic heterocycles. The molecular weight excluding hydrogens is 471 g/mol. The maximum Gasteiger partial charge on any atom is 0.191 e. The van der Waals surface area contributed by atoms with E-state index in [4.69, 9.17) is 0 Å². The van der Waals surface area contributed by atoms with Gasteiger partial charge in [0.2, 0.25) is 0 Å². The van der Waals surface area contributed by atoms with Gasteiger partial charge >= 0.3 is 0 Å². The molecule has 156 valence electrons. The monoisotopic (exact) mass is 504 g/mol. The lowest BCUT2D eigenvalue weighted by molar-refractivity contribution is 0.331. The first-order chi connectivity index (χ1) is 13.8. The average Bonchev–Trinajstić information content (AvgIpc) is 3.37. The van der Waals surface area contributed by atoms with E-state index in [2.05, 4.69) is 75.1 Å². The van der Waals surface area contributed by atoms with Crippen LogP contribution in [0.15, 0.2) is 59.6 Å². The van der Waals surface area contributed by atoms with Crippen LogP contribution in [0, 0.1) is 0 Å². The lowest BCUT2D eigenvalue weighted by Gasteiger charge is -2.19. The van der Waals surface area contributed by atoms with Gasteiger partial charge in [0.1, 0.15) is 0 Å². The molecular formula is C24H33IN4. The molecule has 29 heavy (non-hydrogen) atoms. The smallest absolute Gasteiger partial charge is 0.191 e. The molecule has 4 rings (SSSR count). The molecule has 0 atom stereocenters. The largest absolute Gasteiger partial charge is 0.356 e. The Morgan fingerprint density at radius 3 is 2.21 bits per heavy atom. The predicted octanol–water partition coefficient (Wildman–Crippen LogP) is 4.30. The number of aliphatic imine (C=N–C) groups is 1. The quantitative estimate of drug-likeness (QED) is 0.336. The zero-order chi connectivity index (χ0) is 19.2. The minimum atomic E-state index is 0. The number of guanidine groups is 1. The third-order valence-electron chi connectivity index (χ3n) is 6.15. The number of nitrogens with one attached hydrogen (secondary N) is 2. The molecule has 5 heteroatoms. The lowest BCUT2D eigenvalue weighted by atomic mass is 9.96. The molecule has 0 amide bonds. The summed E-state index contributed by atoms with van der Waals surface area (Å²) < 4.78 is 0. The molecule has 2 N–H and O–H groups in total. The molecule has 2 aromatic carbocycles.